The van der Waals surface area contributed by atoms with Crippen LogP contribution in [0.25, 0.3) is 0 Å². The zero-order valence-corrected chi connectivity index (χ0v) is 16.3. The van der Waals surface area contributed by atoms with Crippen LogP contribution in [-0.2, 0) is 0 Å². The summed E-state index contributed by atoms with van der Waals surface area (Å²) in [5.74, 6) is 1.03. The number of halogens is 2. The molecule has 1 heterocycles. The van der Waals surface area contributed by atoms with Gasteiger partial charge in [-0.2, -0.15) is 0 Å². The number of carbonyl (C=O) groups is 1. The van der Waals surface area contributed by atoms with E-state index in [1.807, 2.05) is 6.92 Å². The molecule has 0 aromatic carbocycles. The predicted octanol–water partition coefficient (Wildman–Crippen LogP) is 3.69. The second kappa shape index (κ2) is 8.98. The van der Waals surface area contributed by atoms with E-state index in [2.05, 4.69) is 29.8 Å². The topological polar surface area (TPSA) is 55.6 Å². The molecule has 0 aliphatic heterocycles. The van der Waals surface area contributed by atoms with Crippen LogP contribution < -0.4 is 10.5 Å². The van der Waals surface area contributed by atoms with E-state index in [1.165, 1.54) is 11.3 Å². The number of nitrogens with two attached hydrogens (primary N) is 1. The minimum absolute atomic E-state index is 0. The number of carbonyl (C=O) groups excluding carboxylic acids is 1. The molecule has 0 spiro atoms. The molecule has 0 saturated heterocycles. The largest absolute Gasteiger partial charge is 0.494 e. The molecule has 0 bridgehead atoms. The fraction of sp³-hybridized carbons (Fsp3) is 0.643. The molecule has 4 nitrogen and oxygen atoms in total. The van der Waals surface area contributed by atoms with Gasteiger partial charge in [0, 0.05) is 24.5 Å². The number of nitrogens with zero attached hydrogens (tertiary/aromatic N) is 1. The molecule has 1 aromatic rings. The standard InChI is InChI=1S/C14H23BrN2O2S.ClH/c1-8(2)10(16)6-7-17(4)14(18)13-12(19-5)11(15)9(3)20-13;/h8,10H,6-7,16H2,1-5H3;1H. The normalized spacial score (nSPS) is 12.0. The van der Waals surface area contributed by atoms with Crippen LogP contribution in [-0.4, -0.2) is 37.6 Å². The Morgan fingerprint density at radius 2 is 2.05 bits per heavy atom. The van der Waals surface area contributed by atoms with Crippen LogP contribution in [0.4, 0.5) is 0 Å². The molecule has 0 fully saturated rings. The van der Waals surface area contributed by atoms with Gasteiger partial charge < -0.3 is 15.4 Å². The van der Waals surface area contributed by atoms with Gasteiger partial charge in [0.2, 0.25) is 0 Å². The van der Waals surface area contributed by atoms with Gasteiger partial charge in [-0.15, -0.1) is 23.7 Å². The SMILES string of the molecule is COc1c(C(=O)N(C)CCC(N)C(C)C)sc(C)c1Br.Cl. The van der Waals surface area contributed by atoms with Gasteiger partial charge in [0.05, 0.1) is 11.6 Å². The zero-order chi connectivity index (χ0) is 15.4. The second-order valence-electron chi connectivity index (χ2n) is 5.26. The maximum absolute atomic E-state index is 12.5. The maximum atomic E-state index is 12.5. The molecular formula is C14H24BrClN2O2S. The van der Waals surface area contributed by atoms with Crippen LogP contribution >= 0.6 is 39.7 Å². The lowest BCUT2D eigenvalue weighted by atomic mass is 10.0. The molecule has 0 aliphatic rings. The van der Waals surface area contributed by atoms with E-state index < -0.39 is 0 Å². The van der Waals surface area contributed by atoms with E-state index in [-0.39, 0.29) is 24.4 Å². The van der Waals surface area contributed by atoms with Crippen LogP contribution in [0.3, 0.4) is 0 Å². The van der Waals surface area contributed by atoms with E-state index in [9.17, 15) is 4.79 Å². The molecule has 1 rings (SSSR count). The minimum atomic E-state index is -0.0170. The summed E-state index contributed by atoms with van der Waals surface area (Å²) in [6.07, 6.45) is 0.799. The summed E-state index contributed by atoms with van der Waals surface area (Å²) in [7, 11) is 3.38. The molecule has 1 aromatic heterocycles. The summed E-state index contributed by atoms with van der Waals surface area (Å²) in [5.41, 5.74) is 6.02. The Labute approximate surface area is 145 Å². The van der Waals surface area contributed by atoms with E-state index in [1.54, 1.807) is 19.1 Å². The quantitative estimate of drug-likeness (QED) is 0.793. The van der Waals surface area contributed by atoms with Gasteiger partial charge in [0.1, 0.15) is 4.88 Å². The summed E-state index contributed by atoms with van der Waals surface area (Å²) in [6, 6.07) is 0.115. The molecule has 1 unspecified atom stereocenters. The first kappa shape index (κ1) is 20.7. The first-order valence-electron chi connectivity index (χ1n) is 6.63. The third-order valence-corrected chi connectivity index (χ3v) is 5.66. The van der Waals surface area contributed by atoms with E-state index in [4.69, 9.17) is 10.5 Å². The zero-order valence-electron chi connectivity index (χ0n) is 13.1. The fourth-order valence-corrected chi connectivity index (χ4v) is 3.52. The van der Waals surface area contributed by atoms with Crippen molar-refractivity contribution in [3.8, 4) is 5.75 Å². The van der Waals surface area contributed by atoms with Crippen molar-refractivity contribution in [1.29, 1.82) is 0 Å². The van der Waals surface area contributed by atoms with Crippen molar-refractivity contribution in [1.82, 2.24) is 4.90 Å². The first-order chi connectivity index (χ1) is 9.29. The molecule has 0 radical (unpaired) electrons. The van der Waals surface area contributed by atoms with Gasteiger partial charge in [-0.05, 0) is 35.2 Å². The van der Waals surface area contributed by atoms with Crippen molar-refractivity contribution in [3.05, 3.63) is 14.2 Å². The molecule has 7 heteroatoms. The van der Waals surface area contributed by atoms with Gasteiger partial charge >= 0.3 is 0 Å². The molecule has 1 amide bonds. The first-order valence-corrected chi connectivity index (χ1v) is 8.24. The summed E-state index contributed by atoms with van der Waals surface area (Å²) in [6.45, 7) is 6.79. The highest BCUT2D eigenvalue weighted by Crippen LogP contribution is 2.39. The fourth-order valence-electron chi connectivity index (χ4n) is 1.78. The average Bonchev–Trinajstić information content (AvgIpc) is 2.70. The van der Waals surface area contributed by atoms with Crippen molar-refractivity contribution in [2.75, 3.05) is 20.7 Å². The number of rotatable bonds is 6. The van der Waals surface area contributed by atoms with Crippen molar-refractivity contribution >= 4 is 45.6 Å². The Morgan fingerprint density at radius 1 is 1.48 bits per heavy atom. The van der Waals surface area contributed by atoms with Crippen molar-refractivity contribution in [2.24, 2.45) is 11.7 Å². The Bertz CT molecular complexity index is 480. The molecule has 21 heavy (non-hydrogen) atoms. The number of ether oxygens (including phenoxy) is 1. The Hall–Kier alpha value is -0.300. The molecular weight excluding hydrogens is 376 g/mol. The third-order valence-electron chi connectivity index (χ3n) is 3.37. The van der Waals surface area contributed by atoms with Gasteiger partial charge in [0.25, 0.3) is 5.91 Å². The van der Waals surface area contributed by atoms with Crippen LogP contribution in [0, 0.1) is 12.8 Å². The van der Waals surface area contributed by atoms with Crippen molar-refractivity contribution < 1.29 is 9.53 Å². The monoisotopic (exact) mass is 398 g/mol. The highest BCUT2D eigenvalue weighted by Gasteiger charge is 2.23. The molecule has 0 saturated carbocycles. The van der Waals surface area contributed by atoms with E-state index in [0.29, 0.717) is 23.1 Å². The Kier molecular flexibility index (Phi) is 8.85. The van der Waals surface area contributed by atoms with Gasteiger partial charge in [0.15, 0.2) is 5.75 Å². The van der Waals surface area contributed by atoms with Gasteiger partial charge in [-0.3, -0.25) is 4.79 Å². The van der Waals surface area contributed by atoms with Crippen LogP contribution in [0.5, 0.6) is 5.75 Å². The lowest BCUT2D eigenvalue weighted by Gasteiger charge is -2.21. The average molecular weight is 400 g/mol. The maximum Gasteiger partial charge on any atom is 0.267 e. The van der Waals surface area contributed by atoms with Gasteiger partial charge in [-0.25, -0.2) is 0 Å². The lowest BCUT2D eigenvalue weighted by molar-refractivity contribution is 0.0791. The molecule has 122 valence electrons. The highest BCUT2D eigenvalue weighted by atomic mass is 79.9. The number of hydrogen-bond donors (Lipinski definition) is 1. The summed E-state index contributed by atoms with van der Waals surface area (Å²) in [5, 5.41) is 0. The molecule has 1 atom stereocenters. The Balaban J connectivity index is 0.00000400. The number of amides is 1. The van der Waals surface area contributed by atoms with Crippen LogP contribution in [0.2, 0.25) is 0 Å². The third kappa shape index (κ3) is 5.13. The van der Waals surface area contributed by atoms with E-state index in [0.717, 1.165) is 15.8 Å². The van der Waals surface area contributed by atoms with Crippen molar-refractivity contribution in [2.45, 2.75) is 33.2 Å². The predicted molar refractivity (Wildman–Crippen MR) is 94.9 cm³/mol. The van der Waals surface area contributed by atoms with Gasteiger partial charge in [-0.1, -0.05) is 13.8 Å². The van der Waals surface area contributed by atoms with E-state index >= 15 is 0 Å². The summed E-state index contributed by atoms with van der Waals surface area (Å²) in [4.78, 5) is 15.9. The van der Waals surface area contributed by atoms with Crippen LogP contribution in [0.1, 0.15) is 34.8 Å². The highest BCUT2D eigenvalue weighted by molar-refractivity contribution is 9.10. The summed E-state index contributed by atoms with van der Waals surface area (Å²) >= 11 is 4.90. The van der Waals surface area contributed by atoms with Crippen LogP contribution in [0.15, 0.2) is 4.47 Å². The second-order valence-corrected chi connectivity index (χ2v) is 7.28. The van der Waals surface area contributed by atoms with Crippen molar-refractivity contribution in [3.63, 3.8) is 0 Å². The Morgan fingerprint density at radius 3 is 2.52 bits per heavy atom. The lowest BCUT2D eigenvalue weighted by Crippen LogP contribution is -2.34. The molecule has 2 N–H and O–H groups in total. The number of hydrogen-bond acceptors (Lipinski definition) is 4. The number of thiophene rings is 1. The minimum Gasteiger partial charge on any atom is -0.494 e. The smallest absolute Gasteiger partial charge is 0.267 e. The number of methoxy groups -OCH3 is 1. The number of aryl methyl sites for hydroxylation is 1. The molecule has 0 aliphatic carbocycles. The summed E-state index contributed by atoms with van der Waals surface area (Å²) < 4.78 is 6.19.